The van der Waals surface area contributed by atoms with Crippen LogP contribution in [0.3, 0.4) is 0 Å². The van der Waals surface area contributed by atoms with Gasteiger partial charge in [-0.2, -0.15) is 0 Å². The molecule has 0 atom stereocenters. The van der Waals surface area contributed by atoms with Crippen LogP contribution in [0.25, 0.3) is 0 Å². The minimum Gasteiger partial charge on any atom is -0.287 e. The molecule has 0 aromatic heterocycles. The van der Waals surface area contributed by atoms with Crippen LogP contribution in [0.5, 0.6) is 0 Å². The van der Waals surface area contributed by atoms with Gasteiger partial charge in [-0.3, -0.25) is 13.6 Å². The Kier molecular flexibility index (Phi) is 8.96. The number of benzene rings is 1. The lowest BCUT2D eigenvalue weighted by Gasteiger charge is -2.19. The summed E-state index contributed by atoms with van der Waals surface area (Å²) < 4.78 is 29.1. The van der Waals surface area contributed by atoms with Crippen LogP contribution < -0.4 is 0 Å². The molecule has 0 aliphatic carbocycles. The maximum atomic E-state index is 12.7. The summed E-state index contributed by atoms with van der Waals surface area (Å²) in [7, 11) is -3.48. The summed E-state index contributed by atoms with van der Waals surface area (Å²) in [5.41, 5.74) is 3.35. The molecular weight excluding hydrogens is 299 g/mol. The summed E-state index contributed by atoms with van der Waals surface area (Å²) in [4.78, 5) is 0. The Bertz CT molecular complexity index is 474. The number of phosphoric acid groups is 1. The Morgan fingerprint density at radius 1 is 0.955 bits per heavy atom. The standard InChI is InChI=1S/C17H29O4P/c1-5-7-12-19-22(18,20-13-8-6-2)21-14-17-11-9-10-15(3)16(17)4/h9-11H,5-8,12-14H2,1-4H3. The van der Waals surface area contributed by atoms with Crippen molar-refractivity contribution in [2.45, 2.75) is 60.0 Å². The van der Waals surface area contributed by atoms with E-state index in [1.165, 1.54) is 5.56 Å². The number of unbranched alkanes of at least 4 members (excludes halogenated alkanes) is 2. The highest BCUT2D eigenvalue weighted by Gasteiger charge is 2.26. The lowest BCUT2D eigenvalue weighted by Crippen LogP contribution is -2.04. The molecule has 0 radical (unpaired) electrons. The molecule has 0 heterocycles. The average molecular weight is 328 g/mol. The predicted molar refractivity (Wildman–Crippen MR) is 90.0 cm³/mol. The summed E-state index contributed by atoms with van der Waals surface area (Å²) in [6.45, 7) is 9.23. The molecule has 22 heavy (non-hydrogen) atoms. The maximum absolute atomic E-state index is 12.7. The van der Waals surface area contributed by atoms with E-state index < -0.39 is 7.82 Å². The number of hydrogen-bond donors (Lipinski definition) is 0. The van der Waals surface area contributed by atoms with Gasteiger partial charge in [-0.05, 0) is 43.4 Å². The molecule has 5 heteroatoms. The molecule has 0 saturated carbocycles. The average Bonchev–Trinajstić information content (AvgIpc) is 2.49. The quantitative estimate of drug-likeness (QED) is 0.394. The second kappa shape index (κ2) is 10.2. The number of phosphoric ester groups is 1. The van der Waals surface area contributed by atoms with Crippen molar-refractivity contribution in [1.82, 2.24) is 0 Å². The fourth-order valence-corrected chi connectivity index (χ4v) is 3.10. The largest absolute Gasteiger partial charge is 0.475 e. The zero-order valence-electron chi connectivity index (χ0n) is 14.3. The Hall–Kier alpha value is -0.670. The Morgan fingerprint density at radius 3 is 2.09 bits per heavy atom. The highest BCUT2D eigenvalue weighted by atomic mass is 31.2. The Morgan fingerprint density at radius 2 is 1.55 bits per heavy atom. The lowest BCUT2D eigenvalue weighted by atomic mass is 10.0. The van der Waals surface area contributed by atoms with E-state index in [4.69, 9.17) is 13.6 Å². The third-order valence-electron chi connectivity index (χ3n) is 3.59. The molecule has 0 aliphatic rings. The predicted octanol–water partition coefficient (Wildman–Crippen LogP) is 5.56. The second-order valence-corrected chi connectivity index (χ2v) is 7.12. The Balaban J connectivity index is 2.66. The zero-order chi connectivity index (χ0) is 16.4. The molecule has 1 aromatic rings. The molecule has 0 saturated heterocycles. The minimum atomic E-state index is -3.48. The topological polar surface area (TPSA) is 44.8 Å². The van der Waals surface area contributed by atoms with Crippen LogP contribution in [-0.4, -0.2) is 13.2 Å². The van der Waals surface area contributed by atoms with E-state index in [2.05, 4.69) is 13.8 Å². The van der Waals surface area contributed by atoms with E-state index in [0.717, 1.165) is 36.8 Å². The molecule has 0 spiro atoms. The van der Waals surface area contributed by atoms with Crippen LogP contribution in [0.2, 0.25) is 0 Å². The van der Waals surface area contributed by atoms with Gasteiger partial charge in [0.2, 0.25) is 0 Å². The normalized spacial score (nSPS) is 11.8. The van der Waals surface area contributed by atoms with Crippen molar-refractivity contribution in [1.29, 1.82) is 0 Å². The van der Waals surface area contributed by atoms with Gasteiger partial charge in [-0.1, -0.05) is 44.9 Å². The van der Waals surface area contributed by atoms with E-state index in [9.17, 15) is 4.57 Å². The monoisotopic (exact) mass is 328 g/mol. The van der Waals surface area contributed by atoms with Gasteiger partial charge in [0, 0.05) is 0 Å². The molecule has 0 amide bonds. The molecule has 0 N–H and O–H groups in total. The van der Waals surface area contributed by atoms with Gasteiger partial charge < -0.3 is 0 Å². The van der Waals surface area contributed by atoms with E-state index in [1.54, 1.807) is 0 Å². The van der Waals surface area contributed by atoms with Crippen molar-refractivity contribution in [2.24, 2.45) is 0 Å². The van der Waals surface area contributed by atoms with Crippen LogP contribution in [0.15, 0.2) is 18.2 Å². The summed E-state index contributed by atoms with van der Waals surface area (Å²) in [5, 5.41) is 0. The summed E-state index contributed by atoms with van der Waals surface area (Å²) in [6.07, 6.45) is 3.64. The molecule has 0 unspecified atom stereocenters. The number of rotatable bonds is 11. The van der Waals surface area contributed by atoms with Crippen LogP contribution in [0.1, 0.15) is 56.2 Å². The van der Waals surface area contributed by atoms with Crippen molar-refractivity contribution < 1.29 is 18.1 Å². The molecule has 126 valence electrons. The Labute approximate surface area is 134 Å². The van der Waals surface area contributed by atoms with E-state index in [-0.39, 0.29) is 6.61 Å². The summed E-state index contributed by atoms with van der Waals surface area (Å²) in [5.74, 6) is 0. The lowest BCUT2D eigenvalue weighted by molar-refractivity contribution is 0.106. The highest BCUT2D eigenvalue weighted by Crippen LogP contribution is 2.50. The molecule has 4 nitrogen and oxygen atoms in total. The van der Waals surface area contributed by atoms with E-state index in [0.29, 0.717) is 13.2 Å². The van der Waals surface area contributed by atoms with Crippen LogP contribution in [0.4, 0.5) is 0 Å². The highest BCUT2D eigenvalue weighted by molar-refractivity contribution is 7.48. The van der Waals surface area contributed by atoms with Crippen molar-refractivity contribution in [3.05, 3.63) is 34.9 Å². The molecule has 1 rings (SSSR count). The molecular formula is C17H29O4P. The second-order valence-electron chi connectivity index (χ2n) is 5.45. The molecule has 0 bridgehead atoms. The maximum Gasteiger partial charge on any atom is 0.475 e. The van der Waals surface area contributed by atoms with Gasteiger partial charge in [-0.25, -0.2) is 4.57 Å². The van der Waals surface area contributed by atoms with Crippen LogP contribution >= 0.6 is 7.82 Å². The van der Waals surface area contributed by atoms with Crippen molar-refractivity contribution >= 4 is 7.82 Å². The molecule has 0 fully saturated rings. The third-order valence-corrected chi connectivity index (χ3v) is 5.03. The fourth-order valence-electron chi connectivity index (χ4n) is 1.87. The van der Waals surface area contributed by atoms with Crippen LogP contribution in [0, 0.1) is 13.8 Å². The van der Waals surface area contributed by atoms with Crippen molar-refractivity contribution in [3.8, 4) is 0 Å². The SMILES string of the molecule is CCCCOP(=O)(OCCCC)OCc1cccc(C)c1C. The van der Waals surface area contributed by atoms with E-state index >= 15 is 0 Å². The van der Waals surface area contributed by atoms with Gasteiger partial charge in [-0.15, -0.1) is 0 Å². The van der Waals surface area contributed by atoms with Gasteiger partial charge in [0.25, 0.3) is 0 Å². The van der Waals surface area contributed by atoms with Gasteiger partial charge in [0.1, 0.15) is 0 Å². The minimum absolute atomic E-state index is 0.239. The first-order valence-corrected chi connectivity index (χ1v) is 9.57. The fraction of sp³-hybridized carbons (Fsp3) is 0.647. The molecule has 0 aliphatic heterocycles. The van der Waals surface area contributed by atoms with Crippen LogP contribution in [-0.2, 0) is 24.7 Å². The first-order chi connectivity index (χ1) is 10.5. The van der Waals surface area contributed by atoms with Gasteiger partial charge >= 0.3 is 7.82 Å². The first-order valence-electron chi connectivity index (χ1n) is 8.11. The van der Waals surface area contributed by atoms with Crippen molar-refractivity contribution in [3.63, 3.8) is 0 Å². The molecule has 1 aromatic carbocycles. The summed E-state index contributed by atoms with van der Waals surface area (Å²) >= 11 is 0. The summed E-state index contributed by atoms with van der Waals surface area (Å²) in [6, 6.07) is 6.00. The van der Waals surface area contributed by atoms with Gasteiger partial charge in [0.05, 0.1) is 19.8 Å². The zero-order valence-corrected chi connectivity index (χ0v) is 15.2. The first kappa shape index (κ1) is 19.4. The van der Waals surface area contributed by atoms with E-state index in [1.807, 2.05) is 32.0 Å². The number of hydrogen-bond acceptors (Lipinski definition) is 4. The third kappa shape index (κ3) is 6.62. The van der Waals surface area contributed by atoms with Crippen molar-refractivity contribution in [2.75, 3.05) is 13.2 Å². The van der Waals surface area contributed by atoms with Gasteiger partial charge in [0.15, 0.2) is 0 Å². The number of aryl methyl sites for hydroxylation is 1. The smallest absolute Gasteiger partial charge is 0.287 e.